The minimum Gasteiger partial charge on any atom is -0.393 e. The van der Waals surface area contributed by atoms with Crippen molar-refractivity contribution in [2.45, 2.75) is 77.7 Å². The molecule has 1 heteroatoms. The number of aliphatic hydroxyl groups excluding tert-OH is 1. The second kappa shape index (κ2) is 7.27. The molecule has 1 nitrogen and oxygen atoms in total. The first-order valence-corrected chi connectivity index (χ1v) is 6.96. The molecular formula is C14H28O. The Morgan fingerprint density at radius 3 is 2.47 bits per heavy atom. The lowest BCUT2D eigenvalue weighted by Gasteiger charge is -2.33. The van der Waals surface area contributed by atoms with Crippen LogP contribution in [0.4, 0.5) is 0 Å². The summed E-state index contributed by atoms with van der Waals surface area (Å²) in [7, 11) is 0. The Hall–Kier alpha value is -0.0400. The molecule has 1 N–H and O–H groups in total. The van der Waals surface area contributed by atoms with E-state index in [0.717, 1.165) is 12.3 Å². The minimum absolute atomic E-state index is 0.00922. The third kappa shape index (κ3) is 4.55. The van der Waals surface area contributed by atoms with E-state index in [1.54, 1.807) is 0 Å². The molecule has 0 bridgehead atoms. The summed E-state index contributed by atoms with van der Waals surface area (Å²) in [5, 5.41) is 9.95. The van der Waals surface area contributed by atoms with Crippen molar-refractivity contribution >= 4 is 0 Å². The Kier molecular flexibility index (Phi) is 6.31. The van der Waals surface area contributed by atoms with Crippen molar-refractivity contribution in [1.82, 2.24) is 0 Å². The molecule has 1 rings (SSSR count). The average Bonchev–Trinajstić information content (AvgIpc) is 2.23. The summed E-state index contributed by atoms with van der Waals surface area (Å²) < 4.78 is 0. The summed E-state index contributed by atoms with van der Waals surface area (Å²) in [5.41, 5.74) is 0. The van der Waals surface area contributed by atoms with Gasteiger partial charge in [-0.25, -0.2) is 0 Å². The lowest BCUT2D eigenvalue weighted by molar-refractivity contribution is 0.0406. The van der Waals surface area contributed by atoms with E-state index in [0.29, 0.717) is 5.92 Å². The van der Waals surface area contributed by atoms with Gasteiger partial charge in [0.15, 0.2) is 0 Å². The van der Waals surface area contributed by atoms with Gasteiger partial charge in [0.1, 0.15) is 0 Å². The van der Waals surface area contributed by atoms with Crippen molar-refractivity contribution < 1.29 is 5.11 Å². The third-order valence-electron chi connectivity index (χ3n) is 3.93. The number of hydrogen-bond acceptors (Lipinski definition) is 1. The molecule has 0 aromatic rings. The largest absolute Gasteiger partial charge is 0.393 e. The molecule has 15 heavy (non-hydrogen) atoms. The standard InChI is InChI=1S/C14H28O/c1-3-5-6-8-13-11-12(7-4-2)9-10-14(13)15/h12-15H,3-11H2,1-2H3. The van der Waals surface area contributed by atoms with Crippen LogP contribution in [0.5, 0.6) is 0 Å². The Labute approximate surface area is 95.3 Å². The highest BCUT2D eigenvalue weighted by Gasteiger charge is 2.27. The number of aliphatic hydroxyl groups is 1. The van der Waals surface area contributed by atoms with Crippen LogP contribution in [-0.2, 0) is 0 Å². The molecule has 0 aliphatic heterocycles. The van der Waals surface area contributed by atoms with Crippen LogP contribution in [0.1, 0.15) is 71.6 Å². The second-order valence-electron chi connectivity index (χ2n) is 5.29. The maximum absolute atomic E-state index is 9.95. The Balaban J connectivity index is 2.26. The van der Waals surface area contributed by atoms with E-state index in [1.807, 2.05) is 0 Å². The zero-order chi connectivity index (χ0) is 11.1. The highest BCUT2D eigenvalue weighted by molar-refractivity contribution is 4.79. The molecule has 0 radical (unpaired) electrons. The lowest BCUT2D eigenvalue weighted by atomic mass is 9.75. The molecule has 1 saturated carbocycles. The first-order valence-electron chi connectivity index (χ1n) is 6.96. The van der Waals surface area contributed by atoms with E-state index >= 15 is 0 Å². The van der Waals surface area contributed by atoms with Crippen molar-refractivity contribution in [3.05, 3.63) is 0 Å². The molecule has 0 aromatic heterocycles. The van der Waals surface area contributed by atoms with Crippen LogP contribution in [-0.4, -0.2) is 11.2 Å². The van der Waals surface area contributed by atoms with Crippen molar-refractivity contribution in [3.8, 4) is 0 Å². The van der Waals surface area contributed by atoms with Gasteiger partial charge in [0, 0.05) is 0 Å². The predicted octanol–water partition coefficient (Wildman–Crippen LogP) is 4.14. The number of unbranched alkanes of at least 4 members (excludes halogenated alkanes) is 2. The fourth-order valence-corrected chi connectivity index (χ4v) is 2.98. The predicted molar refractivity (Wildman–Crippen MR) is 65.9 cm³/mol. The van der Waals surface area contributed by atoms with Crippen LogP contribution < -0.4 is 0 Å². The zero-order valence-corrected chi connectivity index (χ0v) is 10.5. The van der Waals surface area contributed by atoms with Crippen LogP contribution in [0.3, 0.4) is 0 Å². The summed E-state index contributed by atoms with van der Waals surface area (Å²) >= 11 is 0. The van der Waals surface area contributed by atoms with E-state index in [4.69, 9.17) is 0 Å². The molecule has 0 heterocycles. The van der Waals surface area contributed by atoms with Crippen molar-refractivity contribution in [1.29, 1.82) is 0 Å². The monoisotopic (exact) mass is 212 g/mol. The number of rotatable bonds is 6. The highest BCUT2D eigenvalue weighted by Crippen LogP contribution is 2.34. The van der Waals surface area contributed by atoms with Crippen LogP contribution in [0.25, 0.3) is 0 Å². The van der Waals surface area contributed by atoms with Gasteiger partial charge in [0.2, 0.25) is 0 Å². The van der Waals surface area contributed by atoms with Crippen LogP contribution in [0.15, 0.2) is 0 Å². The van der Waals surface area contributed by atoms with Gasteiger partial charge in [0.25, 0.3) is 0 Å². The molecule has 1 aliphatic carbocycles. The Bertz CT molecular complexity index is 155. The van der Waals surface area contributed by atoms with Gasteiger partial charge >= 0.3 is 0 Å². The summed E-state index contributed by atoms with van der Waals surface area (Å²) in [6.07, 6.45) is 11.5. The maximum atomic E-state index is 9.95. The molecule has 0 amide bonds. The van der Waals surface area contributed by atoms with Gasteiger partial charge in [-0.05, 0) is 37.5 Å². The van der Waals surface area contributed by atoms with Gasteiger partial charge in [0.05, 0.1) is 6.10 Å². The molecule has 3 atom stereocenters. The second-order valence-corrected chi connectivity index (χ2v) is 5.29. The summed E-state index contributed by atoms with van der Waals surface area (Å²) in [6.45, 7) is 4.52. The van der Waals surface area contributed by atoms with Gasteiger partial charge in [-0.2, -0.15) is 0 Å². The van der Waals surface area contributed by atoms with Crippen molar-refractivity contribution in [2.75, 3.05) is 0 Å². The summed E-state index contributed by atoms with van der Waals surface area (Å²) in [4.78, 5) is 0. The van der Waals surface area contributed by atoms with E-state index < -0.39 is 0 Å². The topological polar surface area (TPSA) is 20.2 Å². The molecule has 0 saturated heterocycles. The van der Waals surface area contributed by atoms with E-state index in [9.17, 15) is 5.11 Å². The normalized spacial score (nSPS) is 31.8. The summed E-state index contributed by atoms with van der Waals surface area (Å²) in [6, 6.07) is 0. The van der Waals surface area contributed by atoms with Gasteiger partial charge in [-0.1, -0.05) is 46.0 Å². The van der Waals surface area contributed by atoms with Crippen LogP contribution >= 0.6 is 0 Å². The average molecular weight is 212 g/mol. The first-order chi connectivity index (χ1) is 7.27. The lowest BCUT2D eigenvalue weighted by Crippen LogP contribution is -2.29. The van der Waals surface area contributed by atoms with E-state index in [-0.39, 0.29) is 6.10 Å². The number of hydrogen-bond donors (Lipinski definition) is 1. The molecule has 0 aromatic carbocycles. The Morgan fingerprint density at radius 2 is 1.80 bits per heavy atom. The molecule has 0 spiro atoms. The Morgan fingerprint density at radius 1 is 1.00 bits per heavy atom. The summed E-state index contributed by atoms with van der Waals surface area (Å²) in [5.74, 6) is 1.52. The fourth-order valence-electron chi connectivity index (χ4n) is 2.98. The molecule has 1 fully saturated rings. The quantitative estimate of drug-likeness (QED) is 0.656. The van der Waals surface area contributed by atoms with Crippen LogP contribution in [0, 0.1) is 11.8 Å². The van der Waals surface area contributed by atoms with Gasteiger partial charge < -0.3 is 5.11 Å². The molecule has 1 aliphatic rings. The smallest absolute Gasteiger partial charge is 0.0568 e. The van der Waals surface area contributed by atoms with E-state index in [2.05, 4.69) is 13.8 Å². The molecule has 90 valence electrons. The highest BCUT2D eigenvalue weighted by atomic mass is 16.3. The SMILES string of the molecule is CCCCCC1CC(CCC)CCC1O. The molecular weight excluding hydrogens is 184 g/mol. The minimum atomic E-state index is 0.00922. The third-order valence-corrected chi connectivity index (χ3v) is 3.93. The van der Waals surface area contributed by atoms with E-state index in [1.165, 1.54) is 51.4 Å². The zero-order valence-electron chi connectivity index (χ0n) is 10.5. The maximum Gasteiger partial charge on any atom is 0.0568 e. The fraction of sp³-hybridized carbons (Fsp3) is 1.00. The van der Waals surface area contributed by atoms with Gasteiger partial charge in [-0.15, -0.1) is 0 Å². The van der Waals surface area contributed by atoms with Crippen molar-refractivity contribution in [3.63, 3.8) is 0 Å². The van der Waals surface area contributed by atoms with Crippen molar-refractivity contribution in [2.24, 2.45) is 11.8 Å². The van der Waals surface area contributed by atoms with Gasteiger partial charge in [-0.3, -0.25) is 0 Å². The molecule has 3 unspecified atom stereocenters. The first kappa shape index (κ1) is 13.0. The van der Waals surface area contributed by atoms with Crippen LogP contribution in [0.2, 0.25) is 0 Å².